The van der Waals surface area contributed by atoms with Crippen LogP contribution in [0.3, 0.4) is 0 Å². The van der Waals surface area contributed by atoms with E-state index in [2.05, 4.69) is 4.90 Å². The summed E-state index contributed by atoms with van der Waals surface area (Å²) in [5.41, 5.74) is 5.23. The van der Waals surface area contributed by atoms with Crippen LogP contribution in [0.25, 0.3) is 0 Å². The summed E-state index contributed by atoms with van der Waals surface area (Å²) in [6, 6.07) is 0. The monoisotopic (exact) mass is 266 g/mol. The molecule has 19 heavy (non-hydrogen) atoms. The van der Waals surface area contributed by atoms with Crippen molar-refractivity contribution in [3.8, 4) is 0 Å². The van der Waals surface area contributed by atoms with Crippen molar-refractivity contribution in [1.82, 2.24) is 4.90 Å². The molecule has 1 aliphatic carbocycles. The Kier molecular flexibility index (Phi) is 3.97. The normalized spacial score (nSPS) is 29.0. The third-order valence-electron chi connectivity index (χ3n) is 5.72. The highest BCUT2D eigenvalue weighted by atomic mass is 16.2. The molecule has 2 aliphatic rings. The Hall–Kier alpha value is -0.570. The lowest BCUT2D eigenvalue weighted by atomic mass is 9.71. The van der Waals surface area contributed by atoms with Crippen LogP contribution < -0.4 is 5.73 Å². The van der Waals surface area contributed by atoms with Crippen molar-refractivity contribution >= 4 is 5.91 Å². The Bertz CT molecular complexity index is 343. The summed E-state index contributed by atoms with van der Waals surface area (Å²) >= 11 is 0. The second-order valence-corrected chi connectivity index (χ2v) is 7.69. The largest absolute Gasteiger partial charge is 0.342 e. The van der Waals surface area contributed by atoms with Crippen molar-refractivity contribution in [2.45, 2.75) is 65.3 Å². The third kappa shape index (κ3) is 2.81. The molecule has 3 heteroatoms. The Morgan fingerprint density at radius 3 is 2.21 bits per heavy atom. The van der Waals surface area contributed by atoms with Gasteiger partial charge in [0.2, 0.25) is 5.91 Å². The van der Waals surface area contributed by atoms with E-state index in [9.17, 15) is 4.79 Å². The van der Waals surface area contributed by atoms with Gasteiger partial charge in [-0.3, -0.25) is 4.79 Å². The van der Waals surface area contributed by atoms with E-state index in [4.69, 9.17) is 5.73 Å². The van der Waals surface area contributed by atoms with E-state index >= 15 is 0 Å². The minimum atomic E-state index is -0.492. The van der Waals surface area contributed by atoms with E-state index in [0.717, 1.165) is 24.9 Å². The molecule has 2 fully saturated rings. The van der Waals surface area contributed by atoms with Gasteiger partial charge in [-0.1, -0.05) is 19.3 Å². The number of amides is 1. The zero-order valence-electron chi connectivity index (χ0n) is 13.0. The number of piperidine rings is 1. The molecule has 3 nitrogen and oxygen atoms in total. The van der Waals surface area contributed by atoms with Gasteiger partial charge in [0, 0.05) is 18.6 Å². The van der Waals surface area contributed by atoms with Gasteiger partial charge in [-0.2, -0.15) is 0 Å². The molecule has 2 atom stereocenters. The maximum absolute atomic E-state index is 12.8. The first-order valence-corrected chi connectivity index (χ1v) is 7.82. The van der Waals surface area contributed by atoms with Crippen molar-refractivity contribution in [1.29, 1.82) is 0 Å². The summed E-state index contributed by atoms with van der Waals surface area (Å²) in [5, 5.41) is 0. The summed E-state index contributed by atoms with van der Waals surface area (Å²) in [6.07, 6.45) is 6.60. The number of carbonyl (C=O) groups excluding carboxylic acids is 1. The minimum Gasteiger partial charge on any atom is -0.342 e. The van der Waals surface area contributed by atoms with Crippen molar-refractivity contribution in [2.75, 3.05) is 13.1 Å². The van der Waals surface area contributed by atoms with Crippen molar-refractivity contribution in [3.63, 3.8) is 0 Å². The summed E-state index contributed by atoms with van der Waals surface area (Å²) in [6.45, 7) is 9.78. The van der Waals surface area contributed by atoms with Gasteiger partial charge in [-0.25, -0.2) is 0 Å². The number of hydrogen-bond acceptors (Lipinski definition) is 2. The molecule has 0 aromatic rings. The highest BCUT2D eigenvalue weighted by molar-refractivity contribution is 5.83. The van der Waals surface area contributed by atoms with E-state index in [1.807, 2.05) is 27.7 Å². The molecule has 110 valence electrons. The third-order valence-corrected chi connectivity index (χ3v) is 5.72. The molecule has 1 amide bonds. The van der Waals surface area contributed by atoms with Crippen LogP contribution in [-0.4, -0.2) is 29.4 Å². The summed E-state index contributed by atoms with van der Waals surface area (Å²) in [5.74, 6) is 1.85. The van der Waals surface area contributed by atoms with Gasteiger partial charge in [0.25, 0.3) is 0 Å². The number of hydrogen-bond donors (Lipinski definition) is 1. The van der Waals surface area contributed by atoms with Gasteiger partial charge in [0.05, 0.1) is 5.41 Å². The number of fused-ring (bicyclic) bond motifs is 1. The molecule has 2 N–H and O–H groups in total. The average molecular weight is 266 g/mol. The first kappa shape index (κ1) is 14.8. The SMILES string of the molecule is CC(C)(N)C(C)(C)C(=O)N1CCC2CCCCC2C1. The highest BCUT2D eigenvalue weighted by Crippen LogP contribution is 2.38. The minimum absolute atomic E-state index is 0.240. The van der Waals surface area contributed by atoms with Gasteiger partial charge < -0.3 is 10.6 Å². The van der Waals surface area contributed by atoms with Crippen molar-refractivity contribution in [3.05, 3.63) is 0 Å². The Labute approximate surface area is 117 Å². The fraction of sp³-hybridized carbons (Fsp3) is 0.938. The first-order chi connectivity index (χ1) is 8.73. The molecular formula is C16H30N2O. The molecule has 0 bridgehead atoms. The maximum atomic E-state index is 12.8. The number of nitrogens with two attached hydrogens (primary N) is 1. The molecule has 2 unspecified atom stereocenters. The molecule has 1 saturated carbocycles. The van der Waals surface area contributed by atoms with Crippen LogP contribution >= 0.6 is 0 Å². The number of likely N-dealkylation sites (tertiary alicyclic amines) is 1. The lowest BCUT2D eigenvalue weighted by Gasteiger charge is -2.46. The second-order valence-electron chi connectivity index (χ2n) is 7.69. The predicted molar refractivity (Wildman–Crippen MR) is 78.7 cm³/mol. The van der Waals surface area contributed by atoms with Gasteiger partial charge in [-0.05, 0) is 52.4 Å². The molecule has 0 spiro atoms. The van der Waals surface area contributed by atoms with Gasteiger partial charge in [0.1, 0.15) is 0 Å². The average Bonchev–Trinajstić information content (AvgIpc) is 2.36. The summed E-state index contributed by atoms with van der Waals surface area (Å²) in [7, 11) is 0. The van der Waals surface area contributed by atoms with E-state index in [-0.39, 0.29) is 5.91 Å². The second kappa shape index (κ2) is 5.08. The number of rotatable bonds is 2. The van der Waals surface area contributed by atoms with E-state index in [1.165, 1.54) is 32.1 Å². The first-order valence-electron chi connectivity index (χ1n) is 7.82. The molecule has 0 aromatic heterocycles. The fourth-order valence-corrected chi connectivity index (χ4v) is 3.46. The molecule has 2 rings (SSSR count). The lowest BCUT2D eigenvalue weighted by Crippen LogP contribution is -2.58. The van der Waals surface area contributed by atoms with Crippen LogP contribution in [-0.2, 0) is 4.79 Å². The van der Waals surface area contributed by atoms with Crippen LogP contribution in [0.5, 0.6) is 0 Å². The number of carbonyl (C=O) groups is 1. The van der Waals surface area contributed by atoms with Gasteiger partial charge in [0.15, 0.2) is 0 Å². The van der Waals surface area contributed by atoms with Gasteiger partial charge in [-0.15, -0.1) is 0 Å². The molecular weight excluding hydrogens is 236 g/mol. The number of nitrogens with zero attached hydrogens (tertiary/aromatic N) is 1. The topological polar surface area (TPSA) is 46.3 Å². The predicted octanol–water partition coefficient (Wildman–Crippen LogP) is 2.79. The van der Waals surface area contributed by atoms with Crippen LogP contribution in [0.2, 0.25) is 0 Å². The zero-order chi connectivity index (χ0) is 14.3. The molecule has 1 saturated heterocycles. The Morgan fingerprint density at radius 1 is 1.05 bits per heavy atom. The highest BCUT2D eigenvalue weighted by Gasteiger charge is 2.44. The Morgan fingerprint density at radius 2 is 1.63 bits per heavy atom. The quantitative estimate of drug-likeness (QED) is 0.835. The standard InChI is InChI=1S/C16H30N2O/c1-15(2,16(3,4)17)14(19)18-10-9-12-7-5-6-8-13(12)11-18/h12-13H,5-11,17H2,1-4H3. The van der Waals surface area contributed by atoms with Crippen LogP contribution in [0.15, 0.2) is 0 Å². The molecule has 0 aromatic carbocycles. The molecule has 0 radical (unpaired) electrons. The lowest BCUT2D eigenvalue weighted by molar-refractivity contribution is -0.146. The fourth-order valence-electron chi connectivity index (χ4n) is 3.46. The van der Waals surface area contributed by atoms with Crippen LogP contribution in [0, 0.1) is 17.3 Å². The van der Waals surface area contributed by atoms with Crippen LogP contribution in [0.1, 0.15) is 59.8 Å². The summed E-state index contributed by atoms with van der Waals surface area (Å²) in [4.78, 5) is 14.9. The zero-order valence-corrected chi connectivity index (χ0v) is 13.0. The van der Waals surface area contributed by atoms with Crippen molar-refractivity contribution < 1.29 is 4.79 Å². The van der Waals surface area contributed by atoms with Crippen molar-refractivity contribution in [2.24, 2.45) is 23.0 Å². The molecule has 1 heterocycles. The smallest absolute Gasteiger partial charge is 0.230 e. The summed E-state index contributed by atoms with van der Waals surface area (Å²) < 4.78 is 0. The van der Waals surface area contributed by atoms with Crippen LogP contribution in [0.4, 0.5) is 0 Å². The van der Waals surface area contributed by atoms with E-state index in [1.54, 1.807) is 0 Å². The van der Waals surface area contributed by atoms with E-state index in [0.29, 0.717) is 0 Å². The van der Waals surface area contributed by atoms with Gasteiger partial charge >= 0.3 is 0 Å². The van der Waals surface area contributed by atoms with E-state index < -0.39 is 11.0 Å². The Balaban J connectivity index is 2.05. The molecule has 1 aliphatic heterocycles. The maximum Gasteiger partial charge on any atom is 0.230 e.